The summed E-state index contributed by atoms with van der Waals surface area (Å²) >= 11 is 0. The van der Waals surface area contributed by atoms with Crippen molar-refractivity contribution < 1.29 is 14.3 Å². The second-order valence-corrected chi connectivity index (χ2v) is 5.78. The highest BCUT2D eigenvalue weighted by Crippen LogP contribution is 2.34. The standard InChI is InChI=1S/C18H19N3O3/c1-12-5-6-16-15(8-12)21(17(22)11-24-16)13(2)18(23)20-10-14-4-3-7-19-9-14/h3-9,13H,10-11H2,1-2H3,(H,20,23). The molecule has 3 rings (SSSR count). The summed E-state index contributed by atoms with van der Waals surface area (Å²) in [6.07, 6.45) is 3.38. The number of carbonyl (C=O) groups excluding carboxylic acids is 2. The van der Waals surface area contributed by atoms with E-state index in [1.807, 2.05) is 37.3 Å². The lowest BCUT2D eigenvalue weighted by Crippen LogP contribution is -2.51. The third-order valence-electron chi connectivity index (χ3n) is 3.95. The zero-order chi connectivity index (χ0) is 17.1. The molecule has 0 saturated carbocycles. The fourth-order valence-electron chi connectivity index (χ4n) is 2.66. The Hall–Kier alpha value is -2.89. The highest BCUT2D eigenvalue weighted by Gasteiger charge is 2.33. The molecule has 0 fully saturated rings. The smallest absolute Gasteiger partial charge is 0.265 e. The van der Waals surface area contributed by atoms with Crippen LogP contribution in [0.3, 0.4) is 0 Å². The summed E-state index contributed by atoms with van der Waals surface area (Å²) in [6.45, 7) is 3.96. The third-order valence-corrected chi connectivity index (χ3v) is 3.95. The van der Waals surface area contributed by atoms with Crippen molar-refractivity contribution in [2.75, 3.05) is 11.5 Å². The summed E-state index contributed by atoms with van der Waals surface area (Å²) in [7, 11) is 0. The quantitative estimate of drug-likeness (QED) is 0.931. The van der Waals surface area contributed by atoms with E-state index in [4.69, 9.17) is 4.74 Å². The van der Waals surface area contributed by atoms with Gasteiger partial charge in [0.25, 0.3) is 5.91 Å². The molecular weight excluding hydrogens is 306 g/mol. The van der Waals surface area contributed by atoms with Gasteiger partial charge in [0.2, 0.25) is 5.91 Å². The van der Waals surface area contributed by atoms with Gasteiger partial charge in [0.15, 0.2) is 6.61 Å². The molecule has 0 aliphatic carbocycles. The highest BCUT2D eigenvalue weighted by molar-refractivity contribution is 6.03. The number of nitrogens with zero attached hydrogens (tertiary/aromatic N) is 2. The van der Waals surface area contributed by atoms with Crippen molar-refractivity contribution in [2.45, 2.75) is 26.4 Å². The number of aromatic nitrogens is 1. The summed E-state index contributed by atoms with van der Waals surface area (Å²) in [5.41, 5.74) is 2.54. The van der Waals surface area contributed by atoms with Gasteiger partial charge in [-0.25, -0.2) is 0 Å². The molecule has 1 aromatic heterocycles. The number of nitrogens with one attached hydrogen (secondary N) is 1. The van der Waals surface area contributed by atoms with E-state index in [9.17, 15) is 9.59 Å². The number of amides is 2. The Morgan fingerprint density at radius 2 is 2.25 bits per heavy atom. The first-order chi connectivity index (χ1) is 11.6. The number of rotatable bonds is 4. The number of hydrogen-bond acceptors (Lipinski definition) is 4. The maximum absolute atomic E-state index is 12.5. The van der Waals surface area contributed by atoms with E-state index in [1.165, 1.54) is 4.90 Å². The lowest BCUT2D eigenvalue weighted by atomic mass is 10.1. The summed E-state index contributed by atoms with van der Waals surface area (Å²) in [5.74, 6) is 0.172. The summed E-state index contributed by atoms with van der Waals surface area (Å²) in [6, 6.07) is 8.67. The van der Waals surface area contributed by atoms with Crippen LogP contribution in [-0.4, -0.2) is 29.4 Å². The lowest BCUT2D eigenvalue weighted by Gasteiger charge is -2.33. The second-order valence-electron chi connectivity index (χ2n) is 5.78. The number of benzene rings is 1. The van der Waals surface area contributed by atoms with Gasteiger partial charge in [-0.3, -0.25) is 19.5 Å². The molecular formula is C18H19N3O3. The predicted molar refractivity (Wildman–Crippen MR) is 89.7 cm³/mol. The first-order valence-corrected chi connectivity index (χ1v) is 7.78. The minimum Gasteiger partial charge on any atom is -0.482 e. The molecule has 6 nitrogen and oxygen atoms in total. The molecule has 2 amide bonds. The molecule has 124 valence electrons. The van der Waals surface area contributed by atoms with Crippen LogP contribution in [0.5, 0.6) is 5.75 Å². The van der Waals surface area contributed by atoms with E-state index in [2.05, 4.69) is 10.3 Å². The number of pyridine rings is 1. The van der Waals surface area contributed by atoms with Crippen LogP contribution in [0.2, 0.25) is 0 Å². The Labute approximate surface area is 140 Å². The van der Waals surface area contributed by atoms with Crippen LogP contribution in [0, 0.1) is 6.92 Å². The third kappa shape index (κ3) is 3.22. The van der Waals surface area contributed by atoms with Gasteiger partial charge in [0.05, 0.1) is 5.69 Å². The van der Waals surface area contributed by atoms with Gasteiger partial charge >= 0.3 is 0 Å². The molecule has 6 heteroatoms. The molecule has 1 aliphatic heterocycles. The van der Waals surface area contributed by atoms with E-state index in [-0.39, 0.29) is 18.4 Å². The zero-order valence-electron chi connectivity index (χ0n) is 13.7. The molecule has 1 aromatic carbocycles. The normalized spacial score (nSPS) is 14.6. The van der Waals surface area contributed by atoms with E-state index in [0.717, 1.165) is 11.1 Å². The van der Waals surface area contributed by atoms with E-state index >= 15 is 0 Å². The number of ether oxygens (including phenoxy) is 1. The molecule has 1 N–H and O–H groups in total. The van der Waals surface area contributed by atoms with Crippen molar-refractivity contribution in [3.63, 3.8) is 0 Å². The van der Waals surface area contributed by atoms with Crippen molar-refractivity contribution in [3.8, 4) is 5.75 Å². The van der Waals surface area contributed by atoms with Crippen LogP contribution in [0.4, 0.5) is 5.69 Å². The Balaban J connectivity index is 1.76. The Morgan fingerprint density at radius 3 is 3.00 bits per heavy atom. The largest absolute Gasteiger partial charge is 0.482 e. The Kier molecular flexibility index (Phi) is 4.46. The number of anilines is 1. The molecule has 0 saturated heterocycles. The molecule has 2 heterocycles. The lowest BCUT2D eigenvalue weighted by molar-refractivity contribution is -0.127. The maximum Gasteiger partial charge on any atom is 0.265 e. The maximum atomic E-state index is 12.5. The number of aryl methyl sites for hydroxylation is 1. The second kappa shape index (κ2) is 6.70. The first-order valence-electron chi connectivity index (χ1n) is 7.78. The molecule has 24 heavy (non-hydrogen) atoms. The monoisotopic (exact) mass is 325 g/mol. The minimum atomic E-state index is -0.626. The van der Waals surface area contributed by atoms with Crippen molar-refractivity contribution in [3.05, 3.63) is 53.9 Å². The van der Waals surface area contributed by atoms with Gasteiger partial charge in [-0.1, -0.05) is 12.1 Å². The number of carbonyl (C=O) groups is 2. The van der Waals surface area contributed by atoms with Crippen LogP contribution in [0.25, 0.3) is 0 Å². The molecule has 0 radical (unpaired) electrons. The van der Waals surface area contributed by atoms with Gasteiger partial charge in [0.1, 0.15) is 11.8 Å². The van der Waals surface area contributed by atoms with Gasteiger partial charge in [-0.2, -0.15) is 0 Å². The molecule has 1 aliphatic rings. The molecule has 1 unspecified atom stereocenters. The highest BCUT2D eigenvalue weighted by atomic mass is 16.5. The molecule has 0 bridgehead atoms. The molecule has 0 spiro atoms. The Bertz CT molecular complexity index is 761. The van der Waals surface area contributed by atoms with E-state index in [0.29, 0.717) is 18.0 Å². The summed E-state index contributed by atoms with van der Waals surface area (Å²) in [5, 5.41) is 2.85. The number of fused-ring (bicyclic) bond motifs is 1. The van der Waals surface area contributed by atoms with Crippen LogP contribution in [-0.2, 0) is 16.1 Å². The fourth-order valence-corrected chi connectivity index (χ4v) is 2.66. The van der Waals surface area contributed by atoms with Gasteiger partial charge < -0.3 is 10.1 Å². The van der Waals surface area contributed by atoms with Crippen LogP contribution < -0.4 is 15.0 Å². The van der Waals surface area contributed by atoms with E-state index < -0.39 is 6.04 Å². The van der Waals surface area contributed by atoms with Crippen molar-refractivity contribution in [1.82, 2.24) is 10.3 Å². The summed E-state index contributed by atoms with van der Waals surface area (Å²) < 4.78 is 5.45. The van der Waals surface area contributed by atoms with Gasteiger partial charge in [-0.05, 0) is 43.2 Å². The van der Waals surface area contributed by atoms with Gasteiger partial charge in [-0.15, -0.1) is 0 Å². The van der Waals surface area contributed by atoms with Crippen LogP contribution in [0.15, 0.2) is 42.7 Å². The average Bonchev–Trinajstić information content (AvgIpc) is 2.60. The minimum absolute atomic E-state index is 0.0592. The SMILES string of the molecule is Cc1ccc2c(c1)N(C(C)C(=O)NCc1cccnc1)C(=O)CO2. The van der Waals surface area contributed by atoms with Crippen LogP contribution in [0.1, 0.15) is 18.1 Å². The first kappa shape index (κ1) is 16.0. The van der Waals surface area contributed by atoms with Crippen molar-refractivity contribution >= 4 is 17.5 Å². The van der Waals surface area contributed by atoms with Crippen LogP contribution >= 0.6 is 0 Å². The van der Waals surface area contributed by atoms with Gasteiger partial charge in [0, 0.05) is 18.9 Å². The average molecular weight is 325 g/mol. The van der Waals surface area contributed by atoms with Crippen molar-refractivity contribution in [1.29, 1.82) is 0 Å². The fraction of sp³-hybridized carbons (Fsp3) is 0.278. The van der Waals surface area contributed by atoms with E-state index in [1.54, 1.807) is 19.3 Å². The summed E-state index contributed by atoms with van der Waals surface area (Å²) in [4.78, 5) is 30.3. The Morgan fingerprint density at radius 1 is 1.42 bits per heavy atom. The topological polar surface area (TPSA) is 71.5 Å². The zero-order valence-corrected chi connectivity index (χ0v) is 13.7. The molecule has 2 aromatic rings. The number of hydrogen-bond donors (Lipinski definition) is 1. The van der Waals surface area contributed by atoms with Crippen molar-refractivity contribution in [2.24, 2.45) is 0 Å². The predicted octanol–water partition coefficient (Wildman–Crippen LogP) is 1.82. The molecule has 1 atom stereocenters.